The van der Waals surface area contributed by atoms with Gasteiger partial charge in [-0.3, -0.25) is 15.0 Å². The van der Waals surface area contributed by atoms with E-state index in [1.54, 1.807) is 0 Å². The molecule has 0 amide bonds. The highest BCUT2D eigenvalue weighted by atomic mass is 16.6. The van der Waals surface area contributed by atoms with Crippen LogP contribution in [0.25, 0.3) is 0 Å². The zero-order valence-corrected chi connectivity index (χ0v) is 10.8. The molecule has 0 saturated carbocycles. The molecule has 102 valence electrons. The van der Waals surface area contributed by atoms with E-state index >= 15 is 0 Å². The van der Waals surface area contributed by atoms with E-state index in [4.69, 9.17) is 4.74 Å². The molecule has 0 spiro atoms. The third kappa shape index (κ3) is 2.15. The molecule has 0 unspecified atom stereocenters. The number of rotatable bonds is 2. The maximum absolute atomic E-state index is 11.1. The van der Waals surface area contributed by atoms with Crippen LogP contribution in [0.5, 0.6) is 0 Å². The van der Waals surface area contributed by atoms with Gasteiger partial charge in [0.15, 0.2) is 0 Å². The molecule has 2 aliphatic rings. The summed E-state index contributed by atoms with van der Waals surface area (Å²) in [6, 6.07) is 0. The van der Waals surface area contributed by atoms with E-state index in [0.717, 1.165) is 36.6 Å². The molecule has 0 atom stereocenters. The first-order chi connectivity index (χ1) is 9.16. The van der Waals surface area contributed by atoms with Crippen molar-refractivity contribution in [1.82, 2.24) is 9.88 Å². The second kappa shape index (κ2) is 4.75. The second-order valence-corrected chi connectivity index (χ2v) is 4.95. The van der Waals surface area contributed by atoms with E-state index in [2.05, 4.69) is 14.8 Å². The molecule has 1 aromatic rings. The fraction of sp³-hybridized carbons (Fsp3) is 0.583. The lowest BCUT2D eigenvalue weighted by molar-refractivity contribution is -0.385. The third-order valence-electron chi connectivity index (χ3n) is 3.62. The maximum Gasteiger partial charge on any atom is 0.292 e. The predicted molar refractivity (Wildman–Crippen MR) is 69.1 cm³/mol. The number of ether oxygens (including phenoxy) is 1. The van der Waals surface area contributed by atoms with Crippen LogP contribution in [-0.2, 0) is 17.8 Å². The lowest BCUT2D eigenvalue weighted by Gasteiger charge is -2.29. The molecule has 0 bridgehead atoms. The van der Waals surface area contributed by atoms with Gasteiger partial charge in [0.2, 0.25) is 0 Å². The second-order valence-electron chi connectivity index (χ2n) is 4.95. The summed E-state index contributed by atoms with van der Waals surface area (Å²) < 4.78 is 5.34. The van der Waals surface area contributed by atoms with Crippen molar-refractivity contribution in [3.63, 3.8) is 0 Å². The van der Waals surface area contributed by atoms with E-state index in [1.165, 1.54) is 6.20 Å². The van der Waals surface area contributed by atoms with Crippen LogP contribution >= 0.6 is 0 Å². The molecule has 0 N–H and O–H groups in total. The van der Waals surface area contributed by atoms with Crippen LogP contribution < -0.4 is 4.90 Å². The molecule has 0 aliphatic carbocycles. The van der Waals surface area contributed by atoms with Gasteiger partial charge in [-0.05, 0) is 7.05 Å². The standard InChI is InChI=1S/C12H16N4O3/c1-14-7-9-10(8-14)12(13-6-11(9)16(17)18)15-2-4-19-5-3-15/h6H,2-5,7-8H2,1H3. The normalized spacial score (nSPS) is 19.5. The summed E-state index contributed by atoms with van der Waals surface area (Å²) in [5.41, 5.74) is 1.94. The summed E-state index contributed by atoms with van der Waals surface area (Å²) in [4.78, 5) is 19.3. The number of hydrogen-bond donors (Lipinski definition) is 0. The van der Waals surface area contributed by atoms with E-state index < -0.39 is 0 Å². The molecule has 1 fully saturated rings. The Kier molecular flexibility index (Phi) is 3.08. The van der Waals surface area contributed by atoms with Crippen molar-refractivity contribution >= 4 is 11.5 Å². The fourth-order valence-corrected chi connectivity index (χ4v) is 2.71. The van der Waals surface area contributed by atoms with E-state index in [-0.39, 0.29) is 10.6 Å². The average Bonchev–Trinajstić information content (AvgIpc) is 2.79. The largest absolute Gasteiger partial charge is 0.378 e. The molecule has 19 heavy (non-hydrogen) atoms. The minimum atomic E-state index is -0.339. The van der Waals surface area contributed by atoms with Crippen molar-refractivity contribution in [2.24, 2.45) is 0 Å². The lowest BCUT2D eigenvalue weighted by Crippen LogP contribution is -2.37. The van der Waals surface area contributed by atoms with Crippen LogP contribution in [0.4, 0.5) is 11.5 Å². The van der Waals surface area contributed by atoms with Crippen molar-refractivity contribution in [2.75, 3.05) is 38.3 Å². The van der Waals surface area contributed by atoms with E-state index in [1.807, 2.05) is 7.05 Å². The summed E-state index contributed by atoms with van der Waals surface area (Å²) >= 11 is 0. The Morgan fingerprint density at radius 1 is 1.32 bits per heavy atom. The predicted octanol–water partition coefficient (Wildman–Crippen LogP) is 0.772. The van der Waals surface area contributed by atoms with Gasteiger partial charge in [0.1, 0.15) is 12.0 Å². The van der Waals surface area contributed by atoms with Crippen LogP contribution in [0.3, 0.4) is 0 Å². The minimum Gasteiger partial charge on any atom is -0.378 e. The van der Waals surface area contributed by atoms with Crippen molar-refractivity contribution in [1.29, 1.82) is 0 Å². The van der Waals surface area contributed by atoms with Gasteiger partial charge in [-0.1, -0.05) is 0 Å². The molecular formula is C12H16N4O3. The summed E-state index contributed by atoms with van der Waals surface area (Å²) in [5.74, 6) is 0.883. The Morgan fingerprint density at radius 2 is 2.00 bits per heavy atom. The Labute approximate surface area is 110 Å². The molecule has 2 aliphatic heterocycles. The third-order valence-corrected chi connectivity index (χ3v) is 3.62. The van der Waals surface area contributed by atoms with Crippen LogP contribution in [0.15, 0.2) is 6.20 Å². The number of nitrogens with zero attached hydrogens (tertiary/aromatic N) is 4. The van der Waals surface area contributed by atoms with Gasteiger partial charge >= 0.3 is 0 Å². The highest BCUT2D eigenvalue weighted by Gasteiger charge is 2.30. The zero-order chi connectivity index (χ0) is 13.4. The highest BCUT2D eigenvalue weighted by Crippen LogP contribution is 2.35. The van der Waals surface area contributed by atoms with Crippen LogP contribution in [-0.4, -0.2) is 48.2 Å². The molecule has 7 heteroatoms. The first-order valence-electron chi connectivity index (χ1n) is 6.33. The van der Waals surface area contributed by atoms with Crippen LogP contribution in [0, 0.1) is 10.1 Å². The van der Waals surface area contributed by atoms with Gasteiger partial charge in [-0.25, -0.2) is 4.98 Å². The van der Waals surface area contributed by atoms with Crippen molar-refractivity contribution in [3.8, 4) is 0 Å². The topological polar surface area (TPSA) is 71.7 Å². The Balaban J connectivity index is 2.02. The van der Waals surface area contributed by atoms with Crippen LogP contribution in [0.1, 0.15) is 11.1 Å². The van der Waals surface area contributed by atoms with Gasteiger partial charge in [-0.2, -0.15) is 0 Å². The molecule has 0 radical (unpaired) electrons. The molecule has 3 rings (SSSR count). The van der Waals surface area contributed by atoms with Crippen molar-refractivity contribution in [2.45, 2.75) is 13.1 Å². The average molecular weight is 264 g/mol. The van der Waals surface area contributed by atoms with Crippen molar-refractivity contribution < 1.29 is 9.66 Å². The summed E-state index contributed by atoms with van der Waals surface area (Å²) in [5, 5.41) is 11.1. The first kappa shape index (κ1) is 12.3. The summed E-state index contributed by atoms with van der Waals surface area (Å²) in [6.07, 6.45) is 1.39. The monoisotopic (exact) mass is 264 g/mol. The number of morpholine rings is 1. The minimum absolute atomic E-state index is 0.136. The van der Waals surface area contributed by atoms with E-state index in [9.17, 15) is 10.1 Å². The Hall–Kier alpha value is -1.73. The van der Waals surface area contributed by atoms with Gasteiger partial charge < -0.3 is 9.64 Å². The smallest absolute Gasteiger partial charge is 0.292 e. The van der Waals surface area contributed by atoms with Crippen molar-refractivity contribution in [3.05, 3.63) is 27.4 Å². The number of hydrogen-bond acceptors (Lipinski definition) is 6. The number of anilines is 1. The van der Waals surface area contributed by atoms with Crippen LogP contribution in [0.2, 0.25) is 0 Å². The summed E-state index contributed by atoms with van der Waals surface area (Å²) in [6.45, 7) is 4.29. The molecule has 0 aromatic carbocycles. The number of nitro groups is 1. The molecule has 3 heterocycles. The lowest BCUT2D eigenvalue weighted by atomic mass is 10.1. The Morgan fingerprint density at radius 3 is 2.68 bits per heavy atom. The molecular weight excluding hydrogens is 248 g/mol. The highest BCUT2D eigenvalue weighted by molar-refractivity contribution is 5.59. The van der Waals surface area contributed by atoms with E-state index in [0.29, 0.717) is 19.8 Å². The summed E-state index contributed by atoms with van der Waals surface area (Å²) in [7, 11) is 1.97. The molecule has 7 nitrogen and oxygen atoms in total. The van der Waals surface area contributed by atoms with Gasteiger partial charge in [0.25, 0.3) is 5.69 Å². The zero-order valence-electron chi connectivity index (χ0n) is 10.8. The van der Waals surface area contributed by atoms with Gasteiger partial charge in [0.05, 0.1) is 23.7 Å². The number of pyridine rings is 1. The number of aromatic nitrogens is 1. The van der Waals surface area contributed by atoms with Gasteiger partial charge in [0, 0.05) is 31.7 Å². The molecule has 1 aromatic heterocycles. The fourth-order valence-electron chi connectivity index (χ4n) is 2.71. The SMILES string of the molecule is CN1Cc2c([N+](=O)[O-])cnc(N3CCOCC3)c2C1. The molecule has 1 saturated heterocycles. The number of fused-ring (bicyclic) bond motifs is 1. The Bertz CT molecular complexity index is 514. The maximum atomic E-state index is 11.1. The van der Waals surface area contributed by atoms with Gasteiger partial charge in [-0.15, -0.1) is 0 Å². The quantitative estimate of drug-likeness (QED) is 0.580. The first-order valence-corrected chi connectivity index (χ1v) is 6.33.